The number of amides is 1. The molecular weight excluding hydrogens is 294 g/mol. The van der Waals surface area contributed by atoms with Gasteiger partial charge in [-0.15, -0.1) is 11.3 Å². The van der Waals surface area contributed by atoms with Crippen molar-refractivity contribution < 1.29 is 9.00 Å². The van der Waals surface area contributed by atoms with Crippen LogP contribution >= 0.6 is 11.3 Å². The number of carbonyl (C=O) groups excluding carboxylic acids is 1. The first kappa shape index (κ1) is 14.9. The number of carbonyl (C=O) groups is 1. The van der Waals surface area contributed by atoms with E-state index in [9.17, 15) is 9.00 Å². The number of hydrogen-bond acceptors (Lipinski definition) is 5. The molecule has 0 bridgehead atoms. The minimum Gasteiger partial charge on any atom is -0.397 e. The van der Waals surface area contributed by atoms with Crippen molar-refractivity contribution in [2.75, 3.05) is 17.7 Å². The third-order valence-corrected chi connectivity index (χ3v) is 4.99. The number of aromatic nitrogens is 1. The van der Waals surface area contributed by atoms with Crippen LogP contribution in [0.25, 0.3) is 10.2 Å². The van der Waals surface area contributed by atoms with Gasteiger partial charge in [-0.1, -0.05) is 0 Å². The summed E-state index contributed by atoms with van der Waals surface area (Å²) in [7, 11) is -0.947. The summed E-state index contributed by atoms with van der Waals surface area (Å²) in [5.41, 5.74) is 7.54. The summed E-state index contributed by atoms with van der Waals surface area (Å²) in [5.74, 6) is 0.191. The lowest BCUT2D eigenvalue weighted by Gasteiger charge is -2.11. The Labute approximate surface area is 124 Å². The van der Waals surface area contributed by atoms with E-state index in [0.717, 1.165) is 15.8 Å². The molecule has 0 aliphatic rings. The number of anilines is 1. The van der Waals surface area contributed by atoms with Crippen LogP contribution < -0.4 is 11.1 Å². The summed E-state index contributed by atoms with van der Waals surface area (Å²) in [6, 6.07) is 1.71. The van der Waals surface area contributed by atoms with E-state index in [2.05, 4.69) is 10.3 Å². The lowest BCUT2D eigenvalue weighted by atomic mass is 10.1. The second-order valence-corrected chi connectivity index (χ2v) is 7.25. The van der Waals surface area contributed by atoms with Crippen LogP contribution in [0.3, 0.4) is 0 Å². The summed E-state index contributed by atoms with van der Waals surface area (Å²) in [6.07, 6.45) is 3.32. The third kappa shape index (κ3) is 2.99. The molecule has 20 heavy (non-hydrogen) atoms. The van der Waals surface area contributed by atoms with Crippen molar-refractivity contribution in [3.8, 4) is 0 Å². The molecule has 0 saturated carbocycles. The summed E-state index contributed by atoms with van der Waals surface area (Å²) in [6.45, 7) is 3.77. The highest BCUT2D eigenvalue weighted by molar-refractivity contribution is 7.84. The SMILES string of the molecule is Cc1ccnc2sc(C(=O)NC(C)CS(C)=O)c(N)c12. The van der Waals surface area contributed by atoms with Crippen molar-refractivity contribution in [2.45, 2.75) is 19.9 Å². The van der Waals surface area contributed by atoms with E-state index in [1.165, 1.54) is 11.3 Å². The van der Waals surface area contributed by atoms with E-state index in [0.29, 0.717) is 16.3 Å². The highest BCUT2D eigenvalue weighted by atomic mass is 32.2. The first-order valence-corrected chi connectivity index (χ1v) is 8.69. The molecule has 0 spiro atoms. The van der Waals surface area contributed by atoms with Gasteiger partial charge in [-0.05, 0) is 25.5 Å². The van der Waals surface area contributed by atoms with Gasteiger partial charge in [-0.2, -0.15) is 0 Å². The largest absolute Gasteiger partial charge is 0.397 e. The number of nitrogens with one attached hydrogen (secondary N) is 1. The molecule has 7 heteroatoms. The van der Waals surface area contributed by atoms with E-state index in [-0.39, 0.29) is 11.9 Å². The Morgan fingerprint density at radius 2 is 2.30 bits per heavy atom. The number of thiophene rings is 1. The fourth-order valence-electron chi connectivity index (χ4n) is 2.06. The van der Waals surface area contributed by atoms with E-state index < -0.39 is 10.8 Å². The Morgan fingerprint density at radius 3 is 2.90 bits per heavy atom. The smallest absolute Gasteiger partial charge is 0.263 e. The number of nitrogens with two attached hydrogens (primary N) is 1. The van der Waals surface area contributed by atoms with Gasteiger partial charge in [0.25, 0.3) is 5.91 Å². The second kappa shape index (κ2) is 5.88. The van der Waals surface area contributed by atoms with Crippen LogP contribution in [0.4, 0.5) is 5.69 Å². The molecule has 2 atom stereocenters. The fraction of sp³-hybridized carbons (Fsp3) is 0.385. The number of fused-ring (bicyclic) bond motifs is 1. The zero-order valence-corrected chi connectivity index (χ0v) is 13.2. The maximum atomic E-state index is 12.2. The van der Waals surface area contributed by atoms with Crippen molar-refractivity contribution in [1.82, 2.24) is 10.3 Å². The van der Waals surface area contributed by atoms with Gasteiger partial charge in [-0.3, -0.25) is 9.00 Å². The van der Waals surface area contributed by atoms with Crippen LogP contribution in [-0.4, -0.2) is 33.2 Å². The Morgan fingerprint density at radius 1 is 1.60 bits per heavy atom. The second-order valence-electron chi connectivity index (χ2n) is 4.77. The van der Waals surface area contributed by atoms with Gasteiger partial charge in [0.05, 0.1) is 5.69 Å². The zero-order valence-electron chi connectivity index (χ0n) is 11.6. The predicted molar refractivity (Wildman–Crippen MR) is 84.6 cm³/mol. The Kier molecular flexibility index (Phi) is 4.39. The highest BCUT2D eigenvalue weighted by Gasteiger charge is 2.19. The minimum absolute atomic E-state index is 0.160. The molecule has 108 valence electrons. The molecule has 1 amide bonds. The molecule has 0 aromatic carbocycles. The fourth-order valence-corrected chi connectivity index (χ4v) is 3.89. The minimum atomic E-state index is -0.947. The monoisotopic (exact) mass is 311 g/mol. The normalized spacial score (nSPS) is 14.2. The molecule has 2 unspecified atom stereocenters. The van der Waals surface area contributed by atoms with E-state index in [1.807, 2.05) is 19.9 Å². The number of nitrogens with zero attached hydrogens (tertiary/aromatic N) is 1. The molecule has 3 N–H and O–H groups in total. The van der Waals surface area contributed by atoms with E-state index in [1.54, 1.807) is 12.5 Å². The topological polar surface area (TPSA) is 85.1 Å². The average molecular weight is 311 g/mol. The number of pyridine rings is 1. The van der Waals surface area contributed by atoms with Crippen LogP contribution in [-0.2, 0) is 10.8 Å². The van der Waals surface area contributed by atoms with Gasteiger partial charge < -0.3 is 11.1 Å². The molecule has 2 rings (SSSR count). The molecule has 2 aromatic heterocycles. The number of rotatable bonds is 4. The van der Waals surface area contributed by atoms with Gasteiger partial charge in [0.15, 0.2) is 0 Å². The van der Waals surface area contributed by atoms with Gasteiger partial charge >= 0.3 is 0 Å². The van der Waals surface area contributed by atoms with Gasteiger partial charge in [0.1, 0.15) is 9.71 Å². The van der Waals surface area contributed by atoms with Crippen molar-refractivity contribution in [3.63, 3.8) is 0 Å². The molecular formula is C13H17N3O2S2. The highest BCUT2D eigenvalue weighted by Crippen LogP contribution is 2.34. The Balaban J connectivity index is 2.29. The molecule has 2 aromatic rings. The first-order valence-electron chi connectivity index (χ1n) is 6.14. The molecule has 0 radical (unpaired) electrons. The quantitative estimate of drug-likeness (QED) is 0.899. The van der Waals surface area contributed by atoms with E-state index in [4.69, 9.17) is 5.73 Å². The van der Waals surface area contributed by atoms with Crippen molar-refractivity contribution in [2.24, 2.45) is 0 Å². The molecule has 0 aliphatic heterocycles. The summed E-state index contributed by atoms with van der Waals surface area (Å²) in [4.78, 5) is 17.7. The van der Waals surface area contributed by atoms with Crippen LogP contribution in [0.1, 0.15) is 22.2 Å². The number of aryl methyl sites for hydroxylation is 1. The molecule has 5 nitrogen and oxygen atoms in total. The Hall–Kier alpha value is -1.47. The van der Waals surface area contributed by atoms with Gasteiger partial charge in [0.2, 0.25) is 0 Å². The van der Waals surface area contributed by atoms with Crippen molar-refractivity contribution >= 4 is 43.9 Å². The molecule has 0 fully saturated rings. The Bertz CT molecular complexity index is 682. The van der Waals surface area contributed by atoms with Crippen LogP contribution in [0.15, 0.2) is 12.3 Å². The summed E-state index contributed by atoms with van der Waals surface area (Å²) in [5, 5.41) is 3.66. The number of nitrogen functional groups attached to an aromatic ring is 1. The molecule has 0 saturated heterocycles. The van der Waals surface area contributed by atoms with Crippen LogP contribution in [0, 0.1) is 6.92 Å². The lowest BCUT2D eigenvalue weighted by Crippen LogP contribution is -2.36. The maximum Gasteiger partial charge on any atom is 0.263 e. The standard InChI is InChI=1S/C13H17N3O2S2/c1-7-4-5-15-13-9(7)10(14)11(19-13)12(17)16-8(2)6-20(3)18/h4-5,8H,6,14H2,1-3H3,(H,16,17). The average Bonchev–Trinajstić information content (AvgIpc) is 2.67. The summed E-state index contributed by atoms with van der Waals surface area (Å²) < 4.78 is 11.2. The third-order valence-electron chi connectivity index (χ3n) is 2.91. The summed E-state index contributed by atoms with van der Waals surface area (Å²) >= 11 is 1.28. The van der Waals surface area contributed by atoms with Gasteiger partial charge in [0, 0.05) is 40.4 Å². The first-order chi connectivity index (χ1) is 9.40. The maximum absolute atomic E-state index is 12.2. The van der Waals surface area contributed by atoms with E-state index >= 15 is 0 Å². The zero-order chi connectivity index (χ0) is 14.9. The lowest BCUT2D eigenvalue weighted by molar-refractivity contribution is 0.0948. The molecule has 2 heterocycles. The van der Waals surface area contributed by atoms with Crippen molar-refractivity contribution in [3.05, 3.63) is 22.7 Å². The molecule has 0 aliphatic carbocycles. The number of hydrogen-bond donors (Lipinski definition) is 2. The predicted octanol–water partition coefficient (Wildman–Crippen LogP) is 1.68. The van der Waals surface area contributed by atoms with Crippen LogP contribution in [0.2, 0.25) is 0 Å². The van der Waals surface area contributed by atoms with Crippen molar-refractivity contribution in [1.29, 1.82) is 0 Å². The van der Waals surface area contributed by atoms with Gasteiger partial charge in [-0.25, -0.2) is 4.98 Å². The van der Waals surface area contributed by atoms with Crippen LogP contribution in [0.5, 0.6) is 0 Å².